The highest BCUT2D eigenvalue weighted by atomic mass is 16.5. The van der Waals surface area contributed by atoms with Gasteiger partial charge in [-0.2, -0.15) is 0 Å². The minimum atomic E-state index is -0.319. The molecule has 2 rings (SSSR count). The van der Waals surface area contributed by atoms with Crippen LogP contribution in [0.3, 0.4) is 0 Å². The number of para-hydroxylation sites is 1. The molecule has 0 unspecified atom stereocenters. The molecule has 0 radical (unpaired) electrons. The topological polar surface area (TPSA) is 79.5 Å². The highest BCUT2D eigenvalue weighted by Gasteiger charge is 2.08. The summed E-state index contributed by atoms with van der Waals surface area (Å²) in [6.45, 7) is 2.18. The zero-order chi connectivity index (χ0) is 15.6. The van der Waals surface area contributed by atoms with Crippen LogP contribution >= 0.6 is 0 Å². The number of carbonyl (C=O) groups is 2. The third-order valence-corrected chi connectivity index (χ3v) is 3.23. The van der Waals surface area contributed by atoms with Crippen molar-refractivity contribution in [2.75, 3.05) is 32.8 Å². The molecular weight excluding hydrogens is 282 g/mol. The molecule has 2 amide bonds. The smallest absolute Gasteiger partial charge is 0.258 e. The van der Waals surface area contributed by atoms with Crippen molar-refractivity contribution in [3.8, 4) is 5.75 Å². The third kappa shape index (κ3) is 5.97. The van der Waals surface area contributed by atoms with E-state index in [-0.39, 0.29) is 25.0 Å². The fraction of sp³-hybridized carbons (Fsp3) is 0.375. The molecular formula is C16H21N3O3. The van der Waals surface area contributed by atoms with E-state index in [0.29, 0.717) is 12.3 Å². The van der Waals surface area contributed by atoms with Crippen LogP contribution in [0, 0.1) is 0 Å². The number of carbonyl (C=O) groups excluding carboxylic acids is 2. The zero-order valence-electron chi connectivity index (χ0n) is 12.4. The van der Waals surface area contributed by atoms with Crippen LogP contribution in [0.25, 0.3) is 0 Å². The highest BCUT2D eigenvalue weighted by molar-refractivity contribution is 5.85. The van der Waals surface area contributed by atoms with E-state index >= 15 is 0 Å². The summed E-state index contributed by atoms with van der Waals surface area (Å²) in [6, 6.07) is 9.07. The maximum atomic E-state index is 11.7. The van der Waals surface area contributed by atoms with Crippen molar-refractivity contribution in [2.45, 2.75) is 6.42 Å². The van der Waals surface area contributed by atoms with E-state index in [0.717, 1.165) is 19.5 Å². The average molecular weight is 303 g/mol. The van der Waals surface area contributed by atoms with Crippen molar-refractivity contribution in [1.82, 2.24) is 16.0 Å². The van der Waals surface area contributed by atoms with Gasteiger partial charge in [-0.1, -0.05) is 29.8 Å². The Balaban J connectivity index is 1.59. The molecule has 1 aromatic carbocycles. The maximum absolute atomic E-state index is 11.7. The Morgan fingerprint density at radius 2 is 1.95 bits per heavy atom. The van der Waals surface area contributed by atoms with Crippen molar-refractivity contribution in [3.05, 3.63) is 42.0 Å². The molecule has 1 heterocycles. The number of nitrogens with one attached hydrogen (secondary N) is 3. The van der Waals surface area contributed by atoms with Crippen molar-refractivity contribution in [1.29, 1.82) is 0 Å². The first-order chi connectivity index (χ1) is 10.7. The minimum Gasteiger partial charge on any atom is -0.484 e. The fourth-order valence-corrected chi connectivity index (χ4v) is 2.00. The van der Waals surface area contributed by atoms with Crippen LogP contribution < -0.4 is 20.7 Å². The van der Waals surface area contributed by atoms with Crippen molar-refractivity contribution in [2.24, 2.45) is 0 Å². The summed E-state index contributed by atoms with van der Waals surface area (Å²) in [4.78, 5) is 23.2. The second-order valence-corrected chi connectivity index (χ2v) is 4.97. The number of rotatable bonds is 7. The van der Waals surface area contributed by atoms with Gasteiger partial charge >= 0.3 is 0 Å². The Labute approximate surface area is 129 Å². The van der Waals surface area contributed by atoms with E-state index in [1.165, 1.54) is 5.57 Å². The molecule has 0 atom stereocenters. The first kappa shape index (κ1) is 16.0. The fourth-order valence-electron chi connectivity index (χ4n) is 2.00. The first-order valence-corrected chi connectivity index (χ1v) is 7.34. The molecule has 1 aliphatic rings. The quantitative estimate of drug-likeness (QED) is 0.630. The number of amides is 2. The van der Waals surface area contributed by atoms with Gasteiger partial charge in [-0.15, -0.1) is 0 Å². The van der Waals surface area contributed by atoms with Crippen LogP contribution in [0.2, 0.25) is 0 Å². The Morgan fingerprint density at radius 1 is 1.14 bits per heavy atom. The van der Waals surface area contributed by atoms with Gasteiger partial charge in [0.25, 0.3) is 5.91 Å². The Bertz CT molecular complexity index is 529. The van der Waals surface area contributed by atoms with E-state index in [2.05, 4.69) is 22.0 Å². The van der Waals surface area contributed by atoms with E-state index in [9.17, 15) is 9.59 Å². The van der Waals surface area contributed by atoms with Crippen LogP contribution in [-0.4, -0.2) is 44.6 Å². The normalized spacial score (nSPS) is 13.9. The lowest BCUT2D eigenvalue weighted by Gasteiger charge is -2.14. The van der Waals surface area contributed by atoms with Crippen LogP contribution in [0.5, 0.6) is 5.75 Å². The SMILES string of the molecule is O=C(CNC(=O)COc1ccccc1)NCC1=CCNCC1. The molecule has 0 fully saturated rings. The molecule has 6 nitrogen and oxygen atoms in total. The molecule has 118 valence electrons. The highest BCUT2D eigenvalue weighted by Crippen LogP contribution is 2.07. The summed E-state index contributed by atoms with van der Waals surface area (Å²) in [6.07, 6.45) is 3.02. The van der Waals surface area contributed by atoms with Gasteiger partial charge < -0.3 is 20.7 Å². The van der Waals surface area contributed by atoms with Gasteiger partial charge in [-0.25, -0.2) is 0 Å². The van der Waals surface area contributed by atoms with Gasteiger partial charge in [0.2, 0.25) is 5.91 Å². The lowest BCUT2D eigenvalue weighted by Crippen LogP contribution is -2.40. The second kappa shape index (κ2) is 8.84. The Morgan fingerprint density at radius 3 is 2.68 bits per heavy atom. The van der Waals surface area contributed by atoms with Crippen molar-refractivity contribution < 1.29 is 14.3 Å². The summed E-state index contributed by atoms with van der Waals surface area (Å²) in [5.41, 5.74) is 1.21. The van der Waals surface area contributed by atoms with Crippen LogP contribution in [0.4, 0.5) is 0 Å². The van der Waals surface area contributed by atoms with Crippen LogP contribution in [0.15, 0.2) is 42.0 Å². The zero-order valence-corrected chi connectivity index (χ0v) is 12.4. The van der Waals surface area contributed by atoms with E-state index < -0.39 is 0 Å². The second-order valence-electron chi connectivity index (χ2n) is 4.97. The molecule has 3 N–H and O–H groups in total. The summed E-state index contributed by atoms with van der Waals surface area (Å²) in [5.74, 6) is 0.104. The Hall–Kier alpha value is -2.34. The van der Waals surface area contributed by atoms with E-state index in [4.69, 9.17) is 4.74 Å². The molecule has 1 aromatic rings. The molecule has 0 saturated carbocycles. The number of benzene rings is 1. The van der Waals surface area contributed by atoms with Gasteiger partial charge in [0.05, 0.1) is 6.54 Å². The van der Waals surface area contributed by atoms with Gasteiger partial charge in [-0.3, -0.25) is 9.59 Å². The van der Waals surface area contributed by atoms with Gasteiger partial charge in [0.1, 0.15) is 5.75 Å². The van der Waals surface area contributed by atoms with Crippen LogP contribution in [-0.2, 0) is 9.59 Å². The molecule has 0 aliphatic carbocycles. The number of ether oxygens (including phenoxy) is 1. The third-order valence-electron chi connectivity index (χ3n) is 3.23. The number of hydrogen-bond acceptors (Lipinski definition) is 4. The van der Waals surface area contributed by atoms with E-state index in [1.54, 1.807) is 12.1 Å². The lowest BCUT2D eigenvalue weighted by molar-refractivity contribution is -0.127. The first-order valence-electron chi connectivity index (χ1n) is 7.34. The predicted octanol–water partition coefficient (Wildman–Crippen LogP) is 0.217. The summed E-state index contributed by atoms with van der Waals surface area (Å²) >= 11 is 0. The molecule has 0 aromatic heterocycles. The summed E-state index contributed by atoms with van der Waals surface area (Å²) < 4.78 is 5.30. The average Bonchev–Trinajstić information content (AvgIpc) is 2.58. The molecule has 0 spiro atoms. The molecule has 6 heteroatoms. The molecule has 22 heavy (non-hydrogen) atoms. The van der Waals surface area contributed by atoms with Crippen molar-refractivity contribution >= 4 is 11.8 Å². The minimum absolute atomic E-state index is 0.0392. The lowest BCUT2D eigenvalue weighted by atomic mass is 10.1. The standard InChI is InChI=1S/C16H21N3O3/c20-15(18-10-13-6-8-17-9-7-13)11-19-16(21)12-22-14-4-2-1-3-5-14/h1-6,17H,7-12H2,(H,18,20)(H,19,21). The van der Waals surface area contributed by atoms with Gasteiger partial charge in [-0.05, 0) is 25.1 Å². The van der Waals surface area contributed by atoms with Gasteiger partial charge in [0, 0.05) is 13.1 Å². The molecule has 0 bridgehead atoms. The van der Waals surface area contributed by atoms with Gasteiger partial charge in [0.15, 0.2) is 6.61 Å². The molecule has 1 aliphatic heterocycles. The van der Waals surface area contributed by atoms with Crippen molar-refractivity contribution in [3.63, 3.8) is 0 Å². The number of hydrogen-bond donors (Lipinski definition) is 3. The predicted molar refractivity (Wildman–Crippen MR) is 83.5 cm³/mol. The largest absolute Gasteiger partial charge is 0.484 e. The molecule has 0 saturated heterocycles. The summed E-state index contributed by atoms with van der Waals surface area (Å²) in [7, 11) is 0. The summed E-state index contributed by atoms with van der Waals surface area (Å²) in [5, 5.41) is 8.53. The van der Waals surface area contributed by atoms with Crippen LogP contribution in [0.1, 0.15) is 6.42 Å². The monoisotopic (exact) mass is 303 g/mol. The van der Waals surface area contributed by atoms with E-state index in [1.807, 2.05) is 18.2 Å². The Kier molecular flexibility index (Phi) is 6.44. The maximum Gasteiger partial charge on any atom is 0.258 e.